The SMILES string of the molecule is CCc1ccc(CNC(=O)[C@@H]2CCC[C@@H]2C(=O)O)s1. The molecule has 0 spiro atoms. The summed E-state index contributed by atoms with van der Waals surface area (Å²) >= 11 is 1.69. The van der Waals surface area contributed by atoms with Crippen molar-refractivity contribution in [1.82, 2.24) is 5.32 Å². The molecular weight excluding hydrogens is 262 g/mol. The van der Waals surface area contributed by atoms with E-state index in [2.05, 4.69) is 18.3 Å². The Labute approximate surface area is 116 Å². The number of rotatable bonds is 5. The zero-order valence-corrected chi connectivity index (χ0v) is 11.8. The van der Waals surface area contributed by atoms with Gasteiger partial charge in [0.05, 0.1) is 18.4 Å². The van der Waals surface area contributed by atoms with Gasteiger partial charge in [-0.25, -0.2) is 0 Å². The number of nitrogens with one attached hydrogen (secondary N) is 1. The molecule has 1 saturated carbocycles. The van der Waals surface area contributed by atoms with Gasteiger partial charge in [-0.1, -0.05) is 13.3 Å². The van der Waals surface area contributed by atoms with Crippen molar-refractivity contribution in [3.05, 3.63) is 21.9 Å². The van der Waals surface area contributed by atoms with Crippen molar-refractivity contribution >= 4 is 23.2 Å². The highest BCUT2D eigenvalue weighted by atomic mass is 32.1. The molecule has 1 aliphatic carbocycles. The van der Waals surface area contributed by atoms with Gasteiger partial charge in [0.25, 0.3) is 0 Å². The van der Waals surface area contributed by atoms with E-state index in [0.717, 1.165) is 17.7 Å². The Morgan fingerprint density at radius 1 is 1.32 bits per heavy atom. The monoisotopic (exact) mass is 281 g/mol. The Morgan fingerprint density at radius 3 is 2.63 bits per heavy atom. The van der Waals surface area contributed by atoms with E-state index >= 15 is 0 Å². The summed E-state index contributed by atoms with van der Waals surface area (Å²) in [5.41, 5.74) is 0. The van der Waals surface area contributed by atoms with Crippen molar-refractivity contribution < 1.29 is 14.7 Å². The Balaban J connectivity index is 1.88. The van der Waals surface area contributed by atoms with Crippen LogP contribution in [0.5, 0.6) is 0 Å². The Kier molecular flexibility index (Phi) is 4.58. The number of amides is 1. The van der Waals surface area contributed by atoms with E-state index in [1.807, 2.05) is 6.07 Å². The second-order valence-electron chi connectivity index (χ2n) is 4.92. The van der Waals surface area contributed by atoms with Crippen molar-refractivity contribution in [2.45, 2.75) is 39.2 Å². The second kappa shape index (κ2) is 6.19. The van der Waals surface area contributed by atoms with Crippen LogP contribution in [0, 0.1) is 11.8 Å². The van der Waals surface area contributed by atoms with Crippen LogP contribution >= 0.6 is 11.3 Å². The summed E-state index contributed by atoms with van der Waals surface area (Å²) in [6.45, 7) is 2.61. The molecule has 2 rings (SSSR count). The highest BCUT2D eigenvalue weighted by Crippen LogP contribution is 2.32. The first-order valence-electron chi connectivity index (χ1n) is 6.70. The molecule has 0 bridgehead atoms. The molecule has 104 valence electrons. The third kappa shape index (κ3) is 3.35. The molecule has 0 aliphatic heterocycles. The Hall–Kier alpha value is -1.36. The molecule has 19 heavy (non-hydrogen) atoms. The van der Waals surface area contributed by atoms with Crippen LogP contribution in [0.3, 0.4) is 0 Å². The molecule has 1 amide bonds. The molecule has 1 aliphatic rings. The number of carbonyl (C=O) groups excluding carboxylic acids is 1. The summed E-state index contributed by atoms with van der Waals surface area (Å²) in [4.78, 5) is 25.5. The molecule has 2 atom stereocenters. The van der Waals surface area contributed by atoms with Crippen molar-refractivity contribution in [2.75, 3.05) is 0 Å². The maximum Gasteiger partial charge on any atom is 0.307 e. The largest absolute Gasteiger partial charge is 0.481 e. The minimum atomic E-state index is -0.845. The smallest absolute Gasteiger partial charge is 0.307 e. The first kappa shape index (κ1) is 14.1. The number of hydrogen-bond donors (Lipinski definition) is 2. The van der Waals surface area contributed by atoms with Gasteiger partial charge < -0.3 is 10.4 Å². The third-order valence-electron chi connectivity index (χ3n) is 3.67. The topological polar surface area (TPSA) is 66.4 Å². The van der Waals surface area contributed by atoms with Gasteiger partial charge in [-0.05, 0) is 31.4 Å². The van der Waals surface area contributed by atoms with Crippen molar-refractivity contribution in [1.29, 1.82) is 0 Å². The summed E-state index contributed by atoms with van der Waals surface area (Å²) in [6.07, 6.45) is 3.14. The van der Waals surface area contributed by atoms with Crippen LogP contribution in [0.4, 0.5) is 0 Å². The highest BCUT2D eigenvalue weighted by molar-refractivity contribution is 7.11. The fraction of sp³-hybridized carbons (Fsp3) is 0.571. The minimum absolute atomic E-state index is 0.114. The fourth-order valence-electron chi connectivity index (χ4n) is 2.58. The maximum atomic E-state index is 12.0. The molecule has 0 aromatic carbocycles. The van der Waals surface area contributed by atoms with E-state index in [-0.39, 0.29) is 11.8 Å². The lowest BCUT2D eigenvalue weighted by Gasteiger charge is -2.15. The molecule has 4 nitrogen and oxygen atoms in total. The van der Waals surface area contributed by atoms with Crippen LogP contribution in [0.1, 0.15) is 35.9 Å². The zero-order valence-electron chi connectivity index (χ0n) is 11.0. The number of aliphatic carboxylic acids is 1. The highest BCUT2D eigenvalue weighted by Gasteiger charge is 2.37. The summed E-state index contributed by atoms with van der Waals surface area (Å²) in [7, 11) is 0. The predicted molar refractivity (Wildman–Crippen MR) is 74.0 cm³/mol. The van der Waals surface area contributed by atoms with Crippen LogP contribution in [0.2, 0.25) is 0 Å². The van der Waals surface area contributed by atoms with E-state index in [0.29, 0.717) is 19.4 Å². The molecule has 2 N–H and O–H groups in total. The van der Waals surface area contributed by atoms with Crippen molar-refractivity contribution in [2.24, 2.45) is 11.8 Å². The normalized spacial score (nSPS) is 22.4. The zero-order chi connectivity index (χ0) is 13.8. The van der Waals surface area contributed by atoms with E-state index in [1.165, 1.54) is 4.88 Å². The van der Waals surface area contributed by atoms with Crippen molar-refractivity contribution in [3.8, 4) is 0 Å². The maximum absolute atomic E-state index is 12.0. The fourth-order valence-corrected chi connectivity index (χ4v) is 3.48. The number of thiophene rings is 1. The average molecular weight is 281 g/mol. The summed E-state index contributed by atoms with van der Waals surface area (Å²) in [6, 6.07) is 4.09. The minimum Gasteiger partial charge on any atom is -0.481 e. The van der Waals surface area contributed by atoms with E-state index < -0.39 is 11.9 Å². The Bertz CT molecular complexity index is 469. The molecule has 0 unspecified atom stereocenters. The summed E-state index contributed by atoms with van der Waals surface area (Å²) in [5, 5.41) is 11.9. The van der Waals surface area contributed by atoms with Gasteiger partial charge in [-0.3, -0.25) is 9.59 Å². The van der Waals surface area contributed by atoms with Gasteiger partial charge in [0, 0.05) is 9.75 Å². The number of hydrogen-bond acceptors (Lipinski definition) is 3. The first-order chi connectivity index (χ1) is 9.11. The molecular formula is C14H19NO3S. The van der Waals surface area contributed by atoms with Gasteiger partial charge in [-0.2, -0.15) is 0 Å². The lowest BCUT2D eigenvalue weighted by molar-refractivity contribution is -0.146. The number of carboxylic acids is 1. The summed E-state index contributed by atoms with van der Waals surface area (Å²) < 4.78 is 0. The molecule has 1 aromatic heterocycles. The molecule has 1 heterocycles. The quantitative estimate of drug-likeness (QED) is 0.871. The van der Waals surface area contributed by atoms with Gasteiger partial charge in [-0.15, -0.1) is 11.3 Å². The van der Waals surface area contributed by atoms with Gasteiger partial charge >= 0.3 is 5.97 Å². The third-order valence-corrected chi connectivity index (χ3v) is 4.90. The Morgan fingerprint density at radius 2 is 2.00 bits per heavy atom. The van der Waals surface area contributed by atoms with E-state index in [9.17, 15) is 9.59 Å². The van der Waals surface area contributed by atoms with E-state index in [4.69, 9.17) is 5.11 Å². The van der Waals surface area contributed by atoms with Crippen LogP contribution < -0.4 is 5.32 Å². The number of carboxylic acid groups (broad SMARTS) is 1. The standard InChI is InChI=1S/C14H19NO3S/c1-2-9-6-7-10(19-9)8-15-13(16)11-4-3-5-12(11)14(17)18/h6-7,11-12H,2-5,8H2,1H3,(H,15,16)(H,17,18)/t11-,12+/m1/s1. The predicted octanol–water partition coefficient (Wildman–Crippen LogP) is 2.43. The summed E-state index contributed by atoms with van der Waals surface area (Å²) in [5.74, 6) is -1.82. The van der Waals surface area contributed by atoms with Crippen LogP contribution in [0.15, 0.2) is 12.1 Å². The van der Waals surface area contributed by atoms with Crippen LogP contribution in [0.25, 0.3) is 0 Å². The van der Waals surface area contributed by atoms with Gasteiger partial charge in [0.15, 0.2) is 0 Å². The lowest BCUT2D eigenvalue weighted by atomic mass is 9.95. The van der Waals surface area contributed by atoms with Crippen molar-refractivity contribution in [3.63, 3.8) is 0 Å². The average Bonchev–Trinajstić information content (AvgIpc) is 3.04. The molecule has 1 fully saturated rings. The first-order valence-corrected chi connectivity index (χ1v) is 7.51. The van der Waals surface area contributed by atoms with Gasteiger partial charge in [0.2, 0.25) is 5.91 Å². The van der Waals surface area contributed by atoms with E-state index in [1.54, 1.807) is 11.3 Å². The molecule has 0 saturated heterocycles. The lowest BCUT2D eigenvalue weighted by Crippen LogP contribution is -2.34. The molecule has 5 heteroatoms. The molecule has 0 radical (unpaired) electrons. The van der Waals surface area contributed by atoms with Crippen LogP contribution in [-0.2, 0) is 22.6 Å². The van der Waals surface area contributed by atoms with Crippen LogP contribution in [-0.4, -0.2) is 17.0 Å². The second-order valence-corrected chi connectivity index (χ2v) is 6.17. The molecule has 1 aromatic rings. The van der Waals surface area contributed by atoms with Gasteiger partial charge in [0.1, 0.15) is 0 Å². The number of aryl methyl sites for hydroxylation is 1. The number of carbonyl (C=O) groups is 2.